The van der Waals surface area contributed by atoms with Crippen LogP contribution < -0.4 is 0 Å². The van der Waals surface area contributed by atoms with Crippen LogP contribution in [0.3, 0.4) is 0 Å². The van der Waals surface area contributed by atoms with Gasteiger partial charge < -0.3 is 5.11 Å². The van der Waals surface area contributed by atoms with E-state index in [9.17, 15) is 13.2 Å². The van der Waals surface area contributed by atoms with Crippen LogP contribution in [0.5, 0.6) is 0 Å². The maximum absolute atomic E-state index is 12.1. The van der Waals surface area contributed by atoms with Gasteiger partial charge in [0.25, 0.3) is 0 Å². The Kier molecular flexibility index (Phi) is 4.89. The zero-order valence-electron chi connectivity index (χ0n) is 13.8. The molecule has 1 aromatic rings. The molecule has 132 valence electrons. The number of hydrogen-bond donors (Lipinski definition) is 1. The molecule has 0 amide bonds. The van der Waals surface area contributed by atoms with Crippen LogP contribution in [0.1, 0.15) is 17.8 Å². The number of carboxylic acid groups (broad SMARTS) is 1. The molecule has 0 radical (unpaired) electrons. The van der Waals surface area contributed by atoms with Crippen molar-refractivity contribution in [2.75, 3.05) is 31.1 Å². The van der Waals surface area contributed by atoms with E-state index in [2.05, 4.69) is 9.88 Å². The molecule has 2 aliphatic rings. The second-order valence-corrected chi connectivity index (χ2v) is 8.79. The highest BCUT2D eigenvalue weighted by atomic mass is 32.2. The molecule has 2 aliphatic heterocycles. The lowest BCUT2D eigenvalue weighted by Gasteiger charge is -2.43. The third kappa shape index (κ3) is 3.93. The molecule has 1 aromatic heterocycles. The summed E-state index contributed by atoms with van der Waals surface area (Å²) in [6.07, 6.45) is 0.0443. The lowest BCUT2D eigenvalue weighted by Crippen LogP contribution is -2.58. The Morgan fingerprint density at radius 1 is 1.25 bits per heavy atom. The molecule has 8 heteroatoms. The van der Waals surface area contributed by atoms with Gasteiger partial charge in [0, 0.05) is 44.0 Å². The molecule has 2 fully saturated rings. The third-order valence-corrected chi connectivity index (χ3v) is 6.53. The molecule has 0 aromatic carbocycles. The van der Waals surface area contributed by atoms with Gasteiger partial charge in [0.05, 0.1) is 23.6 Å². The molecule has 0 aliphatic carbocycles. The average Bonchev–Trinajstić information content (AvgIpc) is 2.82. The predicted molar refractivity (Wildman–Crippen MR) is 89.4 cm³/mol. The van der Waals surface area contributed by atoms with Crippen LogP contribution in [0.4, 0.5) is 0 Å². The highest BCUT2D eigenvalue weighted by Crippen LogP contribution is 2.28. The first kappa shape index (κ1) is 17.3. The topological polar surface area (TPSA) is 90.8 Å². The van der Waals surface area contributed by atoms with Gasteiger partial charge in [0.1, 0.15) is 0 Å². The summed E-state index contributed by atoms with van der Waals surface area (Å²) in [5.74, 6) is -0.582. The van der Waals surface area contributed by atoms with E-state index in [0.29, 0.717) is 19.6 Å². The minimum atomic E-state index is -3.08. The van der Waals surface area contributed by atoms with Crippen LogP contribution >= 0.6 is 0 Å². The largest absolute Gasteiger partial charge is 0.481 e. The van der Waals surface area contributed by atoms with Gasteiger partial charge in [-0.3, -0.25) is 19.6 Å². The number of carboxylic acids is 1. The Labute approximate surface area is 142 Å². The third-order valence-electron chi connectivity index (χ3n) is 4.83. The van der Waals surface area contributed by atoms with Gasteiger partial charge in [-0.25, -0.2) is 8.42 Å². The Morgan fingerprint density at radius 3 is 2.58 bits per heavy atom. The fourth-order valence-electron chi connectivity index (χ4n) is 3.71. The number of sulfone groups is 1. The summed E-state index contributed by atoms with van der Waals surface area (Å²) >= 11 is 0. The van der Waals surface area contributed by atoms with Gasteiger partial charge in [-0.05, 0) is 19.1 Å². The van der Waals surface area contributed by atoms with Crippen molar-refractivity contribution in [2.45, 2.75) is 32.0 Å². The van der Waals surface area contributed by atoms with Crippen molar-refractivity contribution in [2.24, 2.45) is 0 Å². The molecular weight excluding hydrogens is 330 g/mol. The predicted octanol–water partition coefficient (Wildman–Crippen LogP) is 0.148. The lowest BCUT2D eigenvalue weighted by molar-refractivity contribution is -0.137. The van der Waals surface area contributed by atoms with Crippen LogP contribution in [0.2, 0.25) is 0 Å². The molecule has 0 unspecified atom stereocenters. The number of hydrogen-bond acceptors (Lipinski definition) is 6. The molecule has 1 N–H and O–H groups in total. The number of fused-ring (bicyclic) bond motifs is 1. The van der Waals surface area contributed by atoms with E-state index >= 15 is 0 Å². The Bertz CT molecular complexity index is 722. The summed E-state index contributed by atoms with van der Waals surface area (Å²) in [5.41, 5.74) is 1.89. The number of aromatic nitrogens is 1. The van der Waals surface area contributed by atoms with E-state index in [0.717, 1.165) is 17.9 Å². The van der Waals surface area contributed by atoms with E-state index in [4.69, 9.17) is 5.11 Å². The second-order valence-electron chi connectivity index (χ2n) is 6.63. The van der Waals surface area contributed by atoms with Crippen LogP contribution in [0, 0.1) is 6.92 Å². The first-order valence-electron chi connectivity index (χ1n) is 8.17. The molecule has 3 heterocycles. The number of aliphatic carboxylic acids is 1. The molecule has 2 atom stereocenters. The Balaban J connectivity index is 1.75. The Morgan fingerprint density at radius 2 is 1.92 bits per heavy atom. The maximum Gasteiger partial charge on any atom is 0.304 e. The summed E-state index contributed by atoms with van der Waals surface area (Å²) < 4.78 is 24.3. The summed E-state index contributed by atoms with van der Waals surface area (Å²) in [6.45, 7) is 4.39. The summed E-state index contributed by atoms with van der Waals surface area (Å²) in [5, 5.41) is 8.90. The smallest absolute Gasteiger partial charge is 0.304 e. The number of aryl methyl sites for hydroxylation is 1. The van der Waals surface area contributed by atoms with Crippen molar-refractivity contribution in [1.82, 2.24) is 14.8 Å². The van der Waals surface area contributed by atoms with Crippen molar-refractivity contribution >= 4 is 15.8 Å². The van der Waals surface area contributed by atoms with Crippen molar-refractivity contribution in [3.63, 3.8) is 0 Å². The van der Waals surface area contributed by atoms with Crippen LogP contribution in [0.15, 0.2) is 18.2 Å². The molecule has 2 saturated heterocycles. The number of carbonyl (C=O) groups is 1. The molecule has 24 heavy (non-hydrogen) atoms. The number of rotatable bonds is 5. The van der Waals surface area contributed by atoms with Gasteiger partial charge in [0.2, 0.25) is 0 Å². The van der Waals surface area contributed by atoms with Gasteiger partial charge in [0.15, 0.2) is 9.84 Å². The quantitative estimate of drug-likeness (QED) is 0.805. The number of piperazine rings is 1. The van der Waals surface area contributed by atoms with Crippen LogP contribution in [-0.2, 0) is 21.2 Å². The first-order chi connectivity index (χ1) is 11.3. The van der Waals surface area contributed by atoms with E-state index in [1.165, 1.54) is 0 Å². The van der Waals surface area contributed by atoms with Gasteiger partial charge in [-0.15, -0.1) is 0 Å². The van der Waals surface area contributed by atoms with Crippen molar-refractivity contribution in [3.8, 4) is 0 Å². The fourth-order valence-corrected chi connectivity index (χ4v) is 5.75. The zero-order chi connectivity index (χ0) is 17.3. The van der Waals surface area contributed by atoms with Crippen molar-refractivity contribution in [3.05, 3.63) is 29.6 Å². The maximum atomic E-state index is 12.1. The van der Waals surface area contributed by atoms with Crippen molar-refractivity contribution in [1.29, 1.82) is 0 Å². The zero-order valence-corrected chi connectivity index (χ0v) is 14.6. The lowest BCUT2D eigenvalue weighted by atomic mass is 10.0. The van der Waals surface area contributed by atoms with Gasteiger partial charge in [-0.1, -0.05) is 6.07 Å². The monoisotopic (exact) mass is 353 g/mol. The molecule has 0 saturated carbocycles. The van der Waals surface area contributed by atoms with Gasteiger partial charge in [-0.2, -0.15) is 0 Å². The van der Waals surface area contributed by atoms with E-state index < -0.39 is 15.8 Å². The van der Waals surface area contributed by atoms with E-state index in [1.807, 2.05) is 30.0 Å². The molecule has 3 rings (SSSR count). The first-order valence-corrected chi connectivity index (χ1v) is 9.99. The highest BCUT2D eigenvalue weighted by Gasteiger charge is 2.46. The molecule has 7 nitrogen and oxygen atoms in total. The summed E-state index contributed by atoms with van der Waals surface area (Å²) in [6, 6.07) is 5.66. The van der Waals surface area contributed by atoms with Crippen molar-refractivity contribution < 1.29 is 18.3 Å². The van der Waals surface area contributed by atoms with E-state index in [-0.39, 0.29) is 30.0 Å². The Hall–Kier alpha value is -1.51. The van der Waals surface area contributed by atoms with Crippen LogP contribution in [-0.4, -0.2) is 77.5 Å². The minimum absolute atomic E-state index is 0.0443. The number of nitrogens with zero attached hydrogens (tertiary/aromatic N) is 3. The second kappa shape index (κ2) is 6.78. The van der Waals surface area contributed by atoms with Crippen LogP contribution in [0.25, 0.3) is 0 Å². The fraction of sp³-hybridized carbons (Fsp3) is 0.625. The molecule has 0 bridgehead atoms. The number of pyridine rings is 1. The molecular formula is C16H23N3O4S. The average molecular weight is 353 g/mol. The summed E-state index contributed by atoms with van der Waals surface area (Å²) in [7, 11) is -3.08. The normalized spacial score (nSPS) is 27.0. The summed E-state index contributed by atoms with van der Waals surface area (Å²) in [4.78, 5) is 19.6. The highest BCUT2D eigenvalue weighted by molar-refractivity contribution is 7.91. The minimum Gasteiger partial charge on any atom is -0.481 e. The van der Waals surface area contributed by atoms with E-state index in [1.54, 1.807) is 0 Å². The molecule has 0 spiro atoms. The van der Waals surface area contributed by atoms with Gasteiger partial charge >= 0.3 is 5.97 Å². The standard InChI is InChI=1S/C16H23N3O4S/c1-12-3-2-4-13(17-12)9-19-8-7-18(6-5-16(20)21)14-10-24(22,23)11-15(14)19/h2-4,14-15H,5-11H2,1H3,(H,20,21)/t14-,15+/m1/s1. The SMILES string of the molecule is Cc1cccc(CN2CCN(CCC(=O)O)[C@@H]3CS(=O)(=O)C[C@@H]32)n1.